The third-order valence-corrected chi connectivity index (χ3v) is 2.24. The number of carbonyl (C=O) groups is 3. The fourth-order valence-electron chi connectivity index (χ4n) is 1.26. The highest BCUT2D eigenvalue weighted by Gasteiger charge is 2.30. The number of aliphatic hydroxyl groups excluding tert-OH is 2. The van der Waals surface area contributed by atoms with E-state index < -0.39 is 30.1 Å². The maximum atomic E-state index is 11.5. The molecule has 0 saturated heterocycles. The molecule has 2 atom stereocenters. The van der Waals surface area contributed by atoms with Crippen LogP contribution in [0.1, 0.15) is 10.4 Å². The summed E-state index contributed by atoms with van der Waals surface area (Å²) in [4.78, 5) is 32.7. The van der Waals surface area contributed by atoms with Crippen molar-refractivity contribution in [1.82, 2.24) is 0 Å². The number of hydrogen-bond donors (Lipinski definition) is 5. The van der Waals surface area contributed by atoms with Crippen LogP contribution in [0.4, 0.5) is 5.69 Å². The van der Waals surface area contributed by atoms with Gasteiger partial charge in [0, 0.05) is 0 Å². The number of amides is 1. The Kier molecular flexibility index (Phi) is 4.56. The highest BCUT2D eigenvalue weighted by Crippen LogP contribution is 2.15. The predicted octanol–water partition coefficient (Wildman–Crippen LogP) is -0.870. The molecule has 8 nitrogen and oxygen atoms in total. The van der Waals surface area contributed by atoms with Gasteiger partial charge in [-0.1, -0.05) is 12.1 Å². The second-order valence-corrected chi connectivity index (χ2v) is 3.57. The maximum Gasteiger partial charge on any atom is 0.337 e. The summed E-state index contributed by atoms with van der Waals surface area (Å²) >= 11 is 0. The van der Waals surface area contributed by atoms with Crippen molar-refractivity contribution in [3.05, 3.63) is 29.8 Å². The normalized spacial score (nSPS) is 13.4. The number of aliphatic hydroxyl groups is 2. The van der Waals surface area contributed by atoms with Crippen molar-refractivity contribution in [2.24, 2.45) is 0 Å². The van der Waals surface area contributed by atoms with E-state index in [0.717, 1.165) is 0 Å². The second-order valence-electron chi connectivity index (χ2n) is 3.57. The fourth-order valence-corrected chi connectivity index (χ4v) is 1.26. The lowest BCUT2D eigenvalue weighted by Gasteiger charge is -2.14. The van der Waals surface area contributed by atoms with Crippen LogP contribution in [0, 0.1) is 0 Å². The van der Waals surface area contributed by atoms with E-state index in [9.17, 15) is 19.5 Å². The van der Waals surface area contributed by atoms with E-state index >= 15 is 0 Å². The quantitative estimate of drug-likeness (QED) is 0.467. The fraction of sp³-hybridized carbons (Fsp3) is 0.182. The van der Waals surface area contributed by atoms with Gasteiger partial charge in [-0.15, -0.1) is 0 Å². The number of nitrogens with one attached hydrogen (secondary N) is 1. The van der Waals surface area contributed by atoms with Gasteiger partial charge in [0.25, 0.3) is 5.91 Å². The molecule has 0 aliphatic rings. The summed E-state index contributed by atoms with van der Waals surface area (Å²) in [5.41, 5.74) is -0.343. The molecule has 0 bridgehead atoms. The Morgan fingerprint density at radius 2 is 1.58 bits per heavy atom. The van der Waals surface area contributed by atoms with Crippen molar-refractivity contribution in [2.45, 2.75) is 12.2 Å². The Balaban J connectivity index is 2.88. The average molecular weight is 269 g/mol. The molecule has 0 radical (unpaired) electrons. The van der Waals surface area contributed by atoms with E-state index in [1.165, 1.54) is 24.3 Å². The molecule has 0 heterocycles. The molecule has 5 N–H and O–H groups in total. The summed E-state index contributed by atoms with van der Waals surface area (Å²) < 4.78 is 0. The average Bonchev–Trinajstić information content (AvgIpc) is 2.37. The van der Waals surface area contributed by atoms with Crippen LogP contribution >= 0.6 is 0 Å². The molecule has 0 spiro atoms. The van der Waals surface area contributed by atoms with Gasteiger partial charge < -0.3 is 25.7 Å². The van der Waals surface area contributed by atoms with Crippen LogP contribution in [0.2, 0.25) is 0 Å². The summed E-state index contributed by atoms with van der Waals surface area (Å²) in [5.74, 6) is -4.29. The summed E-state index contributed by atoms with van der Waals surface area (Å²) in [6, 6.07) is 5.36. The minimum atomic E-state index is -2.29. The Hall–Kier alpha value is -2.45. The molecule has 1 aromatic carbocycles. The van der Waals surface area contributed by atoms with Crippen molar-refractivity contribution in [1.29, 1.82) is 0 Å². The first-order valence-electron chi connectivity index (χ1n) is 5.06. The standard InChI is InChI=1S/C11H11NO7/c13-7(8(14)11(18)19)9(15)12-6-4-2-1-3-5(6)10(16)17/h1-4,7-8,13-14H,(H,12,15)(H,16,17)(H,18,19)/t7-,8-/m1/s1. The zero-order valence-corrected chi connectivity index (χ0v) is 9.48. The van der Waals surface area contributed by atoms with Gasteiger partial charge in [0.05, 0.1) is 11.3 Å². The van der Waals surface area contributed by atoms with E-state index in [0.29, 0.717) is 0 Å². The predicted molar refractivity (Wildman–Crippen MR) is 61.7 cm³/mol. The van der Waals surface area contributed by atoms with E-state index in [-0.39, 0.29) is 11.3 Å². The highest BCUT2D eigenvalue weighted by atomic mass is 16.4. The molecule has 0 aromatic heterocycles. The molecule has 8 heteroatoms. The number of carboxylic acids is 2. The molecule has 102 valence electrons. The van der Waals surface area contributed by atoms with E-state index in [1.807, 2.05) is 5.32 Å². The van der Waals surface area contributed by atoms with Crippen molar-refractivity contribution in [3.63, 3.8) is 0 Å². The lowest BCUT2D eigenvalue weighted by molar-refractivity contribution is -0.156. The zero-order valence-electron chi connectivity index (χ0n) is 9.48. The van der Waals surface area contributed by atoms with Crippen LogP contribution in [0.5, 0.6) is 0 Å². The van der Waals surface area contributed by atoms with Crippen LogP contribution in [-0.4, -0.2) is 50.5 Å². The van der Waals surface area contributed by atoms with Gasteiger partial charge in [-0.2, -0.15) is 0 Å². The van der Waals surface area contributed by atoms with E-state index in [2.05, 4.69) is 0 Å². The molecule has 0 saturated carbocycles. The summed E-state index contributed by atoms with van der Waals surface area (Å²) in [6.07, 6.45) is -4.50. The van der Waals surface area contributed by atoms with Crippen molar-refractivity contribution < 1.29 is 34.8 Å². The van der Waals surface area contributed by atoms with Gasteiger partial charge in [0.2, 0.25) is 0 Å². The number of anilines is 1. The van der Waals surface area contributed by atoms with Crippen LogP contribution in [-0.2, 0) is 9.59 Å². The monoisotopic (exact) mass is 269 g/mol. The number of para-hydroxylation sites is 1. The number of carbonyl (C=O) groups excluding carboxylic acids is 1. The third kappa shape index (κ3) is 3.50. The zero-order chi connectivity index (χ0) is 14.6. The Labute approximate surface area is 106 Å². The SMILES string of the molecule is O=C(O)c1ccccc1NC(=O)[C@H](O)[C@@H](O)C(=O)O. The van der Waals surface area contributed by atoms with Gasteiger partial charge in [-0.25, -0.2) is 9.59 Å². The smallest absolute Gasteiger partial charge is 0.337 e. The first kappa shape index (κ1) is 14.6. The van der Waals surface area contributed by atoms with E-state index in [4.69, 9.17) is 15.3 Å². The topological polar surface area (TPSA) is 144 Å². The molecular formula is C11H11NO7. The molecular weight excluding hydrogens is 258 g/mol. The Bertz CT molecular complexity index is 514. The molecule has 19 heavy (non-hydrogen) atoms. The van der Waals surface area contributed by atoms with Crippen LogP contribution < -0.4 is 5.32 Å². The third-order valence-electron chi connectivity index (χ3n) is 2.24. The number of aromatic carboxylic acids is 1. The molecule has 1 rings (SSSR count). The molecule has 1 amide bonds. The maximum absolute atomic E-state index is 11.5. The van der Waals surface area contributed by atoms with Gasteiger partial charge in [-0.05, 0) is 12.1 Å². The van der Waals surface area contributed by atoms with Gasteiger partial charge in [0.15, 0.2) is 12.2 Å². The number of carboxylic acid groups (broad SMARTS) is 2. The van der Waals surface area contributed by atoms with Crippen LogP contribution in [0.3, 0.4) is 0 Å². The minimum Gasteiger partial charge on any atom is -0.479 e. The molecule has 0 aliphatic carbocycles. The highest BCUT2D eigenvalue weighted by molar-refractivity contribution is 6.03. The number of aliphatic carboxylic acids is 1. The van der Waals surface area contributed by atoms with Crippen LogP contribution in [0.25, 0.3) is 0 Å². The second kappa shape index (κ2) is 5.94. The minimum absolute atomic E-state index is 0.114. The first-order chi connectivity index (χ1) is 8.84. The largest absolute Gasteiger partial charge is 0.479 e. The lowest BCUT2D eigenvalue weighted by Crippen LogP contribution is -2.42. The Morgan fingerprint density at radius 1 is 1.00 bits per heavy atom. The number of rotatable bonds is 5. The van der Waals surface area contributed by atoms with E-state index in [1.54, 1.807) is 0 Å². The summed E-state index contributed by atoms with van der Waals surface area (Å²) in [5, 5.41) is 37.6. The van der Waals surface area contributed by atoms with Crippen LogP contribution in [0.15, 0.2) is 24.3 Å². The summed E-state index contributed by atoms with van der Waals surface area (Å²) in [6.45, 7) is 0. The molecule has 0 unspecified atom stereocenters. The number of hydrogen-bond acceptors (Lipinski definition) is 5. The molecule has 1 aromatic rings. The Morgan fingerprint density at radius 3 is 2.11 bits per heavy atom. The van der Waals surface area contributed by atoms with Crippen molar-refractivity contribution in [2.75, 3.05) is 5.32 Å². The van der Waals surface area contributed by atoms with Gasteiger partial charge >= 0.3 is 11.9 Å². The van der Waals surface area contributed by atoms with Gasteiger partial charge in [-0.3, -0.25) is 4.79 Å². The number of benzene rings is 1. The van der Waals surface area contributed by atoms with Crippen molar-refractivity contribution in [3.8, 4) is 0 Å². The molecule has 0 aliphatic heterocycles. The summed E-state index contributed by atoms with van der Waals surface area (Å²) in [7, 11) is 0. The molecule has 0 fully saturated rings. The van der Waals surface area contributed by atoms with Gasteiger partial charge in [0.1, 0.15) is 0 Å². The lowest BCUT2D eigenvalue weighted by atomic mass is 10.1. The van der Waals surface area contributed by atoms with Crippen molar-refractivity contribution >= 4 is 23.5 Å². The first-order valence-corrected chi connectivity index (χ1v) is 5.06.